The minimum absolute atomic E-state index is 0.00545. The number of nitrogens with one attached hydrogen (secondary N) is 1. The summed E-state index contributed by atoms with van der Waals surface area (Å²) in [6.45, 7) is 4.99. The lowest BCUT2D eigenvalue weighted by atomic mass is 10.0. The maximum atomic E-state index is 14.5. The molecule has 4 aromatic rings. The number of halogens is 2. The highest BCUT2D eigenvalue weighted by Gasteiger charge is 2.35. The number of amides is 2. The Kier molecular flexibility index (Phi) is 11.4. The van der Waals surface area contributed by atoms with Crippen LogP contribution in [0.3, 0.4) is 0 Å². The van der Waals surface area contributed by atoms with Gasteiger partial charge in [-0.15, -0.1) is 0 Å². The van der Waals surface area contributed by atoms with Gasteiger partial charge in [0.15, 0.2) is 0 Å². The number of anilines is 1. The van der Waals surface area contributed by atoms with Crippen LogP contribution >= 0.6 is 23.2 Å². The van der Waals surface area contributed by atoms with Crippen LogP contribution in [0.25, 0.3) is 0 Å². The van der Waals surface area contributed by atoms with E-state index in [9.17, 15) is 18.0 Å². The predicted molar refractivity (Wildman–Crippen MR) is 183 cm³/mol. The van der Waals surface area contributed by atoms with E-state index in [4.69, 9.17) is 27.9 Å². The summed E-state index contributed by atoms with van der Waals surface area (Å²) in [5.41, 5.74) is 1.15. The molecule has 0 aromatic heterocycles. The Bertz CT molecular complexity index is 1740. The van der Waals surface area contributed by atoms with Crippen molar-refractivity contribution in [3.05, 3.63) is 124 Å². The van der Waals surface area contributed by atoms with Gasteiger partial charge in [0.1, 0.15) is 18.3 Å². The average Bonchev–Trinajstić information content (AvgIpc) is 3.01. The summed E-state index contributed by atoms with van der Waals surface area (Å²) in [7, 11) is -2.78. The van der Waals surface area contributed by atoms with E-state index in [1.54, 1.807) is 36.4 Å². The molecule has 0 bridgehead atoms. The minimum Gasteiger partial charge on any atom is -0.497 e. The Labute approximate surface area is 280 Å². The van der Waals surface area contributed by atoms with Gasteiger partial charge in [-0.2, -0.15) is 0 Å². The van der Waals surface area contributed by atoms with Gasteiger partial charge in [-0.05, 0) is 92.6 Å². The zero-order valence-corrected chi connectivity index (χ0v) is 28.4. The molecule has 4 aromatic carbocycles. The number of sulfonamides is 1. The lowest BCUT2D eigenvalue weighted by Crippen LogP contribution is -2.56. The van der Waals surface area contributed by atoms with E-state index in [1.807, 2.05) is 51.1 Å². The number of nitrogens with zero attached hydrogens (tertiary/aromatic N) is 2. The smallest absolute Gasteiger partial charge is 0.264 e. The third kappa shape index (κ3) is 9.25. The first-order valence-electron chi connectivity index (χ1n) is 14.6. The molecule has 0 aliphatic heterocycles. The van der Waals surface area contributed by atoms with Gasteiger partial charge in [0.2, 0.25) is 11.8 Å². The molecule has 2 amide bonds. The van der Waals surface area contributed by atoms with Crippen molar-refractivity contribution in [1.82, 2.24) is 10.2 Å². The Hall–Kier alpha value is -4.05. The number of carbonyl (C=O) groups excluding carboxylic acids is 2. The first-order valence-corrected chi connectivity index (χ1v) is 16.8. The highest BCUT2D eigenvalue weighted by atomic mass is 35.5. The lowest BCUT2D eigenvalue weighted by Gasteiger charge is -2.35. The summed E-state index contributed by atoms with van der Waals surface area (Å²) in [6, 6.07) is 27.4. The zero-order valence-electron chi connectivity index (χ0n) is 26.1. The molecule has 0 heterocycles. The second-order valence-corrected chi connectivity index (χ2v) is 14.5. The number of hydrogen-bond acceptors (Lipinski definition) is 5. The van der Waals surface area contributed by atoms with Gasteiger partial charge in [-0.25, -0.2) is 8.42 Å². The maximum absolute atomic E-state index is 14.5. The molecule has 1 N–H and O–H groups in total. The van der Waals surface area contributed by atoms with E-state index in [0.717, 1.165) is 9.87 Å². The molecule has 0 aliphatic carbocycles. The first kappa shape index (κ1) is 34.8. The molecule has 0 saturated carbocycles. The summed E-state index contributed by atoms with van der Waals surface area (Å²) in [5, 5.41) is 3.88. The molecule has 46 heavy (non-hydrogen) atoms. The van der Waals surface area contributed by atoms with Crippen LogP contribution in [0.1, 0.15) is 31.9 Å². The van der Waals surface area contributed by atoms with Crippen molar-refractivity contribution < 1.29 is 22.7 Å². The van der Waals surface area contributed by atoms with Crippen molar-refractivity contribution in [3.8, 4) is 5.75 Å². The predicted octanol–water partition coefficient (Wildman–Crippen LogP) is 6.75. The Morgan fingerprint density at radius 3 is 2.04 bits per heavy atom. The fourth-order valence-electron chi connectivity index (χ4n) is 4.85. The molecule has 0 fully saturated rings. The van der Waals surface area contributed by atoms with Crippen molar-refractivity contribution in [2.24, 2.45) is 0 Å². The topological polar surface area (TPSA) is 96.0 Å². The number of carbonyl (C=O) groups is 2. The standard InChI is InChI=1S/C35H37Cl2N3O5S/c1-35(2,3)38-34(42)32(22-25-9-6-5-7-10-25)39(23-26-11-8-12-28(37)21-26)33(41)24-40(29-15-13-27(36)14-16-29)46(43,44)31-19-17-30(45-4)18-20-31/h5-21,32H,22-24H2,1-4H3,(H,38,42)/t32-/m1/s1. The van der Waals surface area contributed by atoms with Crippen LogP contribution in [0.4, 0.5) is 5.69 Å². The second-order valence-electron chi connectivity index (χ2n) is 11.8. The fourth-order valence-corrected chi connectivity index (χ4v) is 6.60. The number of methoxy groups -OCH3 is 1. The van der Waals surface area contributed by atoms with Crippen LogP contribution in [0.15, 0.2) is 108 Å². The van der Waals surface area contributed by atoms with Gasteiger partial charge >= 0.3 is 0 Å². The van der Waals surface area contributed by atoms with Crippen LogP contribution in [0, 0.1) is 0 Å². The van der Waals surface area contributed by atoms with Gasteiger partial charge in [0, 0.05) is 28.5 Å². The summed E-state index contributed by atoms with van der Waals surface area (Å²) in [6.07, 6.45) is 0.196. The van der Waals surface area contributed by atoms with E-state index < -0.39 is 34.1 Å². The molecule has 4 rings (SSSR count). The van der Waals surface area contributed by atoms with Crippen LogP contribution in [-0.2, 0) is 32.6 Å². The van der Waals surface area contributed by atoms with E-state index in [1.165, 1.54) is 48.4 Å². The van der Waals surface area contributed by atoms with Gasteiger partial charge in [-0.1, -0.05) is 65.7 Å². The van der Waals surface area contributed by atoms with Crippen molar-refractivity contribution in [2.45, 2.75) is 50.2 Å². The maximum Gasteiger partial charge on any atom is 0.264 e. The number of rotatable bonds is 12. The highest BCUT2D eigenvalue weighted by molar-refractivity contribution is 7.92. The molecule has 0 radical (unpaired) electrons. The minimum atomic E-state index is -4.27. The number of benzene rings is 4. The zero-order chi connectivity index (χ0) is 33.5. The van der Waals surface area contributed by atoms with Crippen LogP contribution in [-0.4, -0.2) is 50.4 Å². The Morgan fingerprint density at radius 1 is 0.826 bits per heavy atom. The first-order chi connectivity index (χ1) is 21.8. The Morgan fingerprint density at radius 2 is 1.46 bits per heavy atom. The normalized spacial score (nSPS) is 12.2. The molecule has 0 saturated heterocycles. The molecule has 11 heteroatoms. The Balaban J connectivity index is 1.81. The lowest BCUT2D eigenvalue weighted by molar-refractivity contribution is -0.140. The monoisotopic (exact) mass is 681 g/mol. The summed E-state index contributed by atoms with van der Waals surface area (Å²) >= 11 is 12.4. The van der Waals surface area contributed by atoms with Crippen molar-refractivity contribution in [2.75, 3.05) is 18.0 Å². The molecule has 0 unspecified atom stereocenters. The SMILES string of the molecule is COc1ccc(S(=O)(=O)N(CC(=O)N(Cc2cccc(Cl)c2)[C@H](Cc2ccccc2)C(=O)NC(C)(C)C)c2ccc(Cl)cc2)cc1. The van der Waals surface area contributed by atoms with Gasteiger partial charge in [-0.3, -0.25) is 13.9 Å². The number of ether oxygens (including phenoxy) is 1. The quantitative estimate of drug-likeness (QED) is 0.178. The van der Waals surface area contributed by atoms with E-state index in [2.05, 4.69) is 5.32 Å². The molecule has 242 valence electrons. The molecular weight excluding hydrogens is 645 g/mol. The van der Waals surface area contributed by atoms with Gasteiger partial charge < -0.3 is 15.0 Å². The molecule has 1 atom stereocenters. The van der Waals surface area contributed by atoms with E-state index in [-0.39, 0.29) is 29.5 Å². The largest absolute Gasteiger partial charge is 0.497 e. The van der Waals surface area contributed by atoms with Gasteiger partial charge in [0.05, 0.1) is 17.7 Å². The van der Waals surface area contributed by atoms with Crippen molar-refractivity contribution >= 4 is 50.7 Å². The molecule has 8 nitrogen and oxygen atoms in total. The molecule has 0 aliphatic rings. The molecular formula is C35H37Cl2N3O5S. The van der Waals surface area contributed by atoms with Crippen LogP contribution in [0.2, 0.25) is 10.0 Å². The van der Waals surface area contributed by atoms with E-state index >= 15 is 0 Å². The van der Waals surface area contributed by atoms with Crippen LogP contribution < -0.4 is 14.4 Å². The summed E-state index contributed by atoms with van der Waals surface area (Å²) in [4.78, 5) is 29.9. The average molecular weight is 683 g/mol. The van der Waals surface area contributed by atoms with Gasteiger partial charge in [0.25, 0.3) is 10.0 Å². The third-order valence-corrected chi connectivity index (χ3v) is 9.33. The van der Waals surface area contributed by atoms with Crippen molar-refractivity contribution in [1.29, 1.82) is 0 Å². The summed E-state index contributed by atoms with van der Waals surface area (Å²) < 4.78 is 34.5. The van der Waals surface area contributed by atoms with Crippen molar-refractivity contribution in [3.63, 3.8) is 0 Å². The fraction of sp³-hybridized carbons (Fsp3) is 0.257. The van der Waals surface area contributed by atoms with E-state index in [0.29, 0.717) is 21.4 Å². The highest BCUT2D eigenvalue weighted by Crippen LogP contribution is 2.28. The molecule has 0 spiro atoms. The van der Waals surface area contributed by atoms with Crippen LogP contribution in [0.5, 0.6) is 5.75 Å². The summed E-state index contributed by atoms with van der Waals surface area (Å²) in [5.74, 6) is -0.478. The second kappa shape index (κ2) is 15.0. The number of hydrogen-bond donors (Lipinski definition) is 1. The third-order valence-electron chi connectivity index (χ3n) is 7.05.